The predicted molar refractivity (Wildman–Crippen MR) is 84.9 cm³/mol. The van der Waals surface area contributed by atoms with Crippen LogP contribution in [0.15, 0.2) is 35.8 Å². The molecule has 0 aliphatic rings. The number of nitriles is 1. The molecule has 0 N–H and O–H groups in total. The molecule has 0 radical (unpaired) electrons. The molecule has 0 spiro atoms. The molecule has 100 valence electrons. The van der Waals surface area contributed by atoms with Gasteiger partial charge in [0.15, 0.2) is 10.8 Å². The summed E-state index contributed by atoms with van der Waals surface area (Å²) in [6, 6.07) is 9.78. The zero-order valence-electron chi connectivity index (χ0n) is 10.7. The highest BCUT2D eigenvalue weighted by atomic mass is 79.9. The third-order valence-corrected chi connectivity index (χ3v) is 4.46. The second kappa shape index (κ2) is 5.27. The lowest BCUT2D eigenvalue weighted by Gasteiger charge is -2.19. The maximum Gasteiger partial charge on any atom is 0.195 e. The Bertz CT molecular complexity index is 799. The number of para-hydroxylation sites is 1. The van der Waals surface area contributed by atoms with E-state index in [1.54, 1.807) is 11.3 Å². The molecule has 0 aliphatic carbocycles. The first-order valence-corrected chi connectivity index (χ1v) is 7.99. The third-order valence-electron chi connectivity index (χ3n) is 3.17. The average Bonchev–Trinajstić information content (AvgIpc) is 3.06. The molecule has 0 atom stereocenters. The van der Waals surface area contributed by atoms with Crippen molar-refractivity contribution >= 4 is 43.7 Å². The van der Waals surface area contributed by atoms with E-state index < -0.39 is 0 Å². The van der Waals surface area contributed by atoms with Gasteiger partial charge in [0.25, 0.3) is 0 Å². The lowest BCUT2D eigenvalue weighted by Crippen LogP contribution is -2.13. The van der Waals surface area contributed by atoms with E-state index in [2.05, 4.69) is 31.4 Å². The highest BCUT2D eigenvalue weighted by molar-refractivity contribution is 9.08. The first kappa shape index (κ1) is 13.2. The van der Waals surface area contributed by atoms with Gasteiger partial charge in [0.2, 0.25) is 0 Å². The summed E-state index contributed by atoms with van der Waals surface area (Å²) in [5.74, 6) is 0.872. The monoisotopic (exact) mass is 346 g/mol. The van der Waals surface area contributed by atoms with Crippen LogP contribution in [-0.4, -0.2) is 16.4 Å². The average molecular weight is 347 g/mol. The highest BCUT2D eigenvalue weighted by Gasteiger charge is 2.18. The van der Waals surface area contributed by atoms with Crippen LogP contribution in [0.25, 0.3) is 4.96 Å². The molecule has 0 saturated carbocycles. The Morgan fingerprint density at radius 3 is 3.00 bits per heavy atom. The van der Waals surface area contributed by atoms with Gasteiger partial charge >= 0.3 is 0 Å². The molecule has 0 amide bonds. The Morgan fingerprint density at radius 2 is 2.25 bits per heavy atom. The van der Waals surface area contributed by atoms with Crippen molar-refractivity contribution in [2.24, 2.45) is 0 Å². The molecule has 0 bridgehead atoms. The molecule has 0 aliphatic heterocycles. The molecule has 0 saturated heterocycles. The number of benzene rings is 1. The van der Waals surface area contributed by atoms with Crippen molar-refractivity contribution in [3.05, 3.63) is 47.1 Å². The van der Waals surface area contributed by atoms with Crippen molar-refractivity contribution < 1.29 is 0 Å². The fraction of sp³-hybridized carbons (Fsp3) is 0.143. The van der Waals surface area contributed by atoms with Gasteiger partial charge in [0.1, 0.15) is 6.07 Å². The number of thiazole rings is 1. The number of halogens is 1. The molecular formula is C14H11BrN4S. The van der Waals surface area contributed by atoms with Crippen LogP contribution in [0.1, 0.15) is 11.3 Å². The molecule has 2 aromatic heterocycles. The van der Waals surface area contributed by atoms with E-state index in [0.717, 1.165) is 22.2 Å². The summed E-state index contributed by atoms with van der Waals surface area (Å²) in [6.45, 7) is 0. The molecule has 3 rings (SSSR count). The molecule has 4 nitrogen and oxygen atoms in total. The summed E-state index contributed by atoms with van der Waals surface area (Å²) >= 11 is 5.12. The minimum Gasteiger partial charge on any atom is -0.327 e. The zero-order valence-corrected chi connectivity index (χ0v) is 13.1. The van der Waals surface area contributed by atoms with Gasteiger partial charge in [0, 0.05) is 24.0 Å². The highest BCUT2D eigenvalue weighted by Crippen LogP contribution is 2.31. The second-order valence-corrected chi connectivity index (χ2v) is 5.69. The minimum atomic E-state index is 0.645. The molecule has 0 fully saturated rings. The molecule has 20 heavy (non-hydrogen) atoms. The van der Waals surface area contributed by atoms with Gasteiger partial charge in [-0.2, -0.15) is 5.26 Å². The normalized spacial score (nSPS) is 10.7. The summed E-state index contributed by atoms with van der Waals surface area (Å²) in [5.41, 5.74) is 2.59. The minimum absolute atomic E-state index is 0.645. The first-order chi connectivity index (χ1) is 9.76. The summed E-state index contributed by atoms with van der Waals surface area (Å²) in [5, 5.41) is 12.0. The van der Waals surface area contributed by atoms with E-state index in [1.807, 2.05) is 47.8 Å². The van der Waals surface area contributed by atoms with Crippen LogP contribution in [0.2, 0.25) is 0 Å². The Labute approximate surface area is 129 Å². The van der Waals surface area contributed by atoms with Crippen LogP contribution in [0, 0.1) is 11.3 Å². The summed E-state index contributed by atoms with van der Waals surface area (Å²) in [4.78, 5) is 7.58. The zero-order chi connectivity index (χ0) is 14.1. The van der Waals surface area contributed by atoms with Gasteiger partial charge in [0.05, 0.1) is 16.9 Å². The van der Waals surface area contributed by atoms with Crippen molar-refractivity contribution in [3.63, 3.8) is 0 Å². The van der Waals surface area contributed by atoms with Crippen molar-refractivity contribution in [2.45, 2.75) is 5.33 Å². The van der Waals surface area contributed by atoms with Crippen LogP contribution in [0.5, 0.6) is 0 Å². The fourth-order valence-corrected chi connectivity index (χ4v) is 3.44. The number of fused-ring (bicyclic) bond motifs is 1. The number of hydrogen-bond donors (Lipinski definition) is 0. The van der Waals surface area contributed by atoms with Gasteiger partial charge in [-0.25, -0.2) is 4.98 Å². The van der Waals surface area contributed by atoms with E-state index >= 15 is 0 Å². The lowest BCUT2D eigenvalue weighted by atomic mass is 10.2. The van der Waals surface area contributed by atoms with Crippen LogP contribution in [0.3, 0.4) is 0 Å². The van der Waals surface area contributed by atoms with Crippen molar-refractivity contribution in [2.75, 3.05) is 11.9 Å². The van der Waals surface area contributed by atoms with E-state index in [-0.39, 0.29) is 0 Å². The van der Waals surface area contributed by atoms with E-state index in [9.17, 15) is 5.26 Å². The second-order valence-electron chi connectivity index (χ2n) is 4.26. The van der Waals surface area contributed by atoms with E-state index in [0.29, 0.717) is 10.9 Å². The number of anilines is 2. The van der Waals surface area contributed by atoms with Gasteiger partial charge in [-0.05, 0) is 12.1 Å². The van der Waals surface area contributed by atoms with Gasteiger partial charge in [-0.3, -0.25) is 4.40 Å². The molecule has 3 aromatic rings. The topological polar surface area (TPSA) is 44.3 Å². The Hall–Kier alpha value is -1.84. The summed E-state index contributed by atoms with van der Waals surface area (Å²) < 4.78 is 2.07. The van der Waals surface area contributed by atoms with Gasteiger partial charge in [-0.15, -0.1) is 11.3 Å². The number of rotatable bonds is 3. The van der Waals surface area contributed by atoms with E-state index in [4.69, 9.17) is 0 Å². The van der Waals surface area contributed by atoms with E-state index in [1.165, 1.54) is 0 Å². The standard InChI is InChI=1S/C14H11BrN4S/c1-18(11-5-3-2-4-10(11)9-16)13-12(8-15)19-6-7-20-14(19)17-13/h2-7H,8H2,1H3. The number of imidazole rings is 1. The Balaban J connectivity index is 2.15. The molecule has 6 heteroatoms. The van der Waals surface area contributed by atoms with Crippen LogP contribution in [-0.2, 0) is 5.33 Å². The number of alkyl halides is 1. The Kier molecular flexibility index (Phi) is 3.47. The molecule has 0 unspecified atom stereocenters. The number of aromatic nitrogens is 2. The van der Waals surface area contributed by atoms with Crippen LogP contribution in [0.4, 0.5) is 11.5 Å². The number of hydrogen-bond acceptors (Lipinski definition) is 4. The molecular weight excluding hydrogens is 336 g/mol. The summed E-state index contributed by atoms with van der Waals surface area (Å²) in [7, 11) is 1.94. The smallest absolute Gasteiger partial charge is 0.195 e. The predicted octanol–water partition coefficient (Wildman–Crippen LogP) is 3.93. The van der Waals surface area contributed by atoms with Crippen molar-refractivity contribution in [1.82, 2.24) is 9.38 Å². The maximum absolute atomic E-state index is 9.23. The summed E-state index contributed by atoms with van der Waals surface area (Å²) in [6.07, 6.45) is 2.01. The quantitative estimate of drug-likeness (QED) is 0.675. The molecule has 1 aromatic carbocycles. The lowest BCUT2D eigenvalue weighted by molar-refractivity contribution is 1.08. The van der Waals surface area contributed by atoms with Crippen LogP contribution < -0.4 is 4.90 Å². The fourth-order valence-electron chi connectivity index (χ4n) is 2.19. The first-order valence-electron chi connectivity index (χ1n) is 5.99. The third kappa shape index (κ3) is 1.99. The maximum atomic E-state index is 9.23. The van der Waals surface area contributed by atoms with Gasteiger partial charge in [-0.1, -0.05) is 28.1 Å². The molecule has 2 heterocycles. The van der Waals surface area contributed by atoms with Crippen molar-refractivity contribution in [3.8, 4) is 6.07 Å². The SMILES string of the molecule is CN(c1ccccc1C#N)c1nc2sccn2c1CBr. The van der Waals surface area contributed by atoms with Crippen molar-refractivity contribution in [1.29, 1.82) is 5.26 Å². The van der Waals surface area contributed by atoms with Crippen LogP contribution >= 0.6 is 27.3 Å². The number of nitrogens with zero attached hydrogens (tertiary/aromatic N) is 4. The largest absolute Gasteiger partial charge is 0.327 e. The Morgan fingerprint density at radius 1 is 1.45 bits per heavy atom. The van der Waals surface area contributed by atoms with Gasteiger partial charge < -0.3 is 4.90 Å².